The van der Waals surface area contributed by atoms with Crippen LogP contribution in [0.4, 0.5) is 0 Å². The molecule has 1 aliphatic heterocycles. The van der Waals surface area contributed by atoms with E-state index in [1.807, 2.05) is 0 Å². The van der Waals surface area contributed by atoms with Crippen LogP contribution in [-0.4, -0.2) is 39.7 Å². The van der Waals surface area contributed by atoms with E-state index in [1.54, 1.807) is 0 Å². The lowest BCUT2D eigenvalue weighted by Crippen LogP contribution is -2.67. The number of fused-ring (bicyclic) bond motifs is 1. The average molecular weight is 507 g/mol. The van der Waals surface area contributed by atoms with Gasteiger partial charge in [-0.05, 0) is 52.4 Å². The maximum absolute atomic E-state index is 12.6. The van der Waals surface area contributed by atoms with E-state index in [0.717, 1.165) is 32.3 Å². The molecular formula is C31H42O4Si. The van der Waals surface area contributed by atoms with Crippen LogP contribution in [0.2, 0.25) is 5.04 Å². The molecule has 0 aromatic heterocycles. The molecule has 5 heteroatoms. The molecule has 1 unspecified atom stereocenters. The fourth-order valence-corrected chi connectivity index (χ4v) is 11.9. The summed E-state index contributed by atoms with van der Waals surface area (Å²) in [6, 6.07) is 21.6. The number of rotatable bonds is 7. The van der Waals surface area contributed by atoms with E-state index < -0.39 is 8.32 Å². The van der Waals surface area contributed by atoms with E-state index in [1.165, 1.54) is 10.4 Å². The molecule has 3 aliphatic rings. The van der Waals surface area contributed by atoms with Crippen LogP contribution in [0, 0.1) is 17.3 Å². The molecule has 2 aliphatic carbocycles. The van der Waals surface area contributed by atoms with E-state index in [0.29, 0.717) is 31.1 Å². The molecule has 0 spiro atoms. The number of hydrogen-bond donors (Lipinski definition) is 0. The van der Waals surface area contributed by atoms with Crippen LogP contribution in [0.1, 0.15) is 66.2 Å². The molecule has 194 valence electrons. The van der Waals surface area contributed by atoms with Gasteiger partial charge in [-0.15, -0.1) is 0 Å². The second kappa shape index (κ2) is 10.2. The van der Waals surface area contributed by atoms with Gasteiger partial charge in [-0.2, -0.15) is 0 Å². The minimum atomic E-state index is -2.66. The van der Waals surface area contributed by atoms with Gasteiger partial charge in [-0.25, -0.2) is 0 Å². The van der Waals surface area contributed by atoms with Crippen molar-refractivity contribution in [3.8, 4) is 0 Å². The molecule has 3 fully saturated rings. The lowest BCUT2D eigenvalue weighted by Gasteiger charge is -2.44. The summed E-state index contributed by atoms with van der Waals surface area (Å²) >= 11 is 0. The fourth-order valence-electron chi connectivity index (χ4n) is 7.28. The van der Waals surface area contributed by atoms with Gasteiger partial charge in [0.25, 0.3) is 8.32 Å². The van der Waals surface area contributed by atoms with Crippen LogP contribution >= 0.6 is 0 Å². The lowest BCUT2D eigenvalue weighted by atomic mass is 9.80. The third-order valence-corrected chi connectivity index (χ3v) is 14.0. The zero-order valence-electron chi connectivity index (χ0n) is 22.4. The molecule has 0 amide bonds. The Morgan fingerprint density at radius 1 is 1.00 bits per heavy atom. The monoisotopic (exact) mass is 506 g/mol. The molecule has 5 rings (SSSR count). The maximum Gasteiger partial charge on any atom is 0.261 e. The SMILES string of the molecule is CC(C)(C)[Si](OC[C@@H]1[C@H]2CC(=O)C[C@@]2(C)C[C@H]1OC1CCCCO1)(c1ccccc1)c1ccccc1. The largest absolute Gasteiger partial charge is 0.407 e. The Balaban J connectivity index is 1.49. The Labute approximate surface area is 217 Å². The van der Waals surface area contributed by atoms with Gasteiger partial charge in [0.05, 0.1) is 6.10 Å². The highest BCUT2D eigenvalue weighted by Gasteiger charge is 2.58. The van der Waals surface area contributed by atoms with Gasteiger partial charge in [0.15, 0.2) is 6.29 Å². The quantitative estimate of drug-likeness (QED) is 0.467. The van der Waals surface area contributed by atoms with Crippen molar-refractivity contribution in [1.29, 1.82) is 0 Å². The Kier molecular flexibility index (Phi) is 7.30. The maximum atomic E-state index is 12.6. The molecule has 5 atom stereocenters. The molecular weight excluding hydrogens is 464 g/mol. The van der Waals surface area contributed by atoms with E-state index in [-0.39, 0.29) is 28.8 Å². The van der Waals surface area contributed by atoms with Gasteiger partial charge in [0, 0.05) is 32.0 Å². The summed E-state index contributed by atoms with van der Waals surface area (Å²) in [7, 11) is -2.66. The average Bonchev–Trinajstić information content (AvgIpc) is 3.28. The van der Waals surface area contributed by atoms with Gasteiger partial charge in [0.1, 0.15) is 5.78 Å². The summed E-state index contributed by atoms with van der Waals surface area (Å²) in [6.45, 7) is 10.6. The Morgan fingerprint density at radius 3 is 2.19 bits per heavy atom. The van der Waals surface area contributed by atoms with Crippen molar-refractivity contribution in [2.24, 2.45) is 17.3 Å². The van der Waals surface area contributed by atoms with Crippen LogP contribution in [0.5, 0.6) is 0 Å². The first-order valence-electron chi connectivity index (χ1n) is 13.8. The van der Waals surface area contributed by atoms with E-state index in [4.69, 9.17) is 13.9 Å². The Morgan fingerprint density at radius 2 is 1.64 bits per heavy atom. The Bertz CT molecular complexity index is 988. The summed E-state index contributed by atoms with van der Waals surface area (Å²) < 4.78 is 20.0. The van der Waals surface area contributed by atoms with E-state index in [9.17, 15) is 4.79 Å². The summed E-state index contributed by atoms with van der Waals surface area (Å²) in [4.78, 5) is 12.6. The molecule has 0 bridgehead atoms. The third kappa shape index (κ3) is 4.76. The van der Waals surface area contributed by atoms with Crippen molar-refractivity contribution in [3.63, 3.8) is 0 Å². The highest BCUT2D eigenvalue weighted by Crippen LogP contribution is 2.57. The summed E-state index contributed by atoms with van der Waals surface area (Å²) in [5.41, 5.74) is -0.00408. The van der Waals surface area contributed by atoms with Gasteiger partial charge < -0.3 is 13.9 Å². The van der Waals surface area contributed by atoms with Crippen molar-refractivity contribution in [2.45, 2.75) is 83.7 Å². The van der Waals surface area contributed by atoms with E-state index >= 15 is 0 Å². The van der Waals surface area contributed by atoms with Crippen LogP contribution in [0.3, 0.4) is 0 Å². The first-order valence-corrected chi connectivity index (χ1v) is 15.7. The molecule has 0 radical (unpaired) electrons. The zero-order chi connectivity index (χ0) is 25.4. The van der Waals surface area contributed by atoms with Crippen molar-refractivity contribution in [2.75, 3.05) is 13.2 Å². The molecule has 2 saturated carbocycles. The van der Waals surface area contributed by atoms with Crippen molar-refractivity contribution < 1.29 is 18.7 Å². The summed E-state index contributed by atoms with van der Waals surface area (Å²) in [5, 5.41) is 2.51. The van der Waals surface area contributed by atoms with Crippen LogP contribution < -0.4 is 10.4 Å². The molecule has 36 heavy (non-hydrogen) atoms. The molecule has 2 aromatic carbocycles. The highest BCUT2D eigenvalue weighted by molar-refractivity contribution is 6.99. The zero-order valence-corrected chi connectivity index (χ0v) is 23.4. The number of carbonyl (C=O) groups is 1. The van der Waals surface area contributed by atoms with Gasteiger partial charge in [-0.3, -0.25) is 4.79 Å². The normalized spacial score (nSPS) is 30.9. The Hall–Kier alpha value is -1.79. The molecule has 0 N–H and O–H groups in total. The number of ketones is 1. The van der Waals surface area contributed by atoms with E-state index in [2.05, 4.69) is 88.4 Å². The number of benzene rings is 2. The minimum absolute atomic E-state index is 0.00408. The first kappa shape index (κ1) is 25.8. The highest BCUT2D eigenvalue weighted by atomic mass is 28.4. The number of Topliss-reactive ketones (excluding diaryl/α,β-unsaturated/α-hetero) is 1. The second-order valence-corrected chi connectivity index (χ2v) is 16.8. The van der Waals surface area contributed by atoms with Crippen LogP contribution in [0.25, 0.3) is 0 Å². The molecule has 1 heterocycles. The molecule has 2 aromatic rings. The summed E-state index contributed by atoms with van der Waals surface area (Å²) in [5.74, 6) is 0.885. The predicted molar refractivity (Wildman–Crippen MR) is 146 cm³/mol. The van der Waals surface area contributed by atoms with Gasteiger partial charge in [0.2, 0.25) is 0 Å². The van der Waals surface area contributed by atoms with Gasteiger partial charge in [-0.1, -0.05) is 88.4 Å². The van der Waals surface area contributed by atoms with Crippen molar-refractivity contribution in [3.05, 3.63) is 60.7 Å². The fraction of sp³-hybridized carbons (Fsp3) is 0.581. The van der Waals surface area contributed by atoms with Crippen molar-refractivity contribution in [1.82, 2.24) is 0 Å². The topological polar surface area (TPSA) is 44.8 Å². The first-order chi connectivity index (χ1) is 17.2. The third-order valence-electron chi connectivity index (χ3n) is 8.98. The van der Waals surface area contributed by atoms with Crippen molar-refractivity contribution >= 4 is 24.5 Å². The van der Waals surface area contributed by atoms with Gasteiger partial charge >= 0.3 is 0 Å². The van der Waals surface area contributed by atoms with Crippen LogP contribution in [0.15, 0.2) is 60.7 Å². The van der Waals surface area contributed by atoms with Crippen LogP contribution in [-0.2, 0) is 18.7 Å². The molecule has 1 saturated heterocycles. The standard InChI is InChI=1S/C31H42O4Si/c1-30(2,3)36(24-13-7-5-8-14-24,25-15-9-6-10-16-25)34-22-26-27-19-23(32)20-31(27,4)21-28(26)35-29-17-11-12-18-33-29/h5-10,13-16,26-29H,11-12,17-22H2,1-4H3/t26-,27-,28-,29?,31+/m1/s1. The predicted octanol–water partition coefficient (Wildman–Crippen LogP) is 5.48. The smallest absolute Gasteiger partial charge is 0.261 e. The summed E-state index contributed by atoms with van der Waals surface area (Å²) in [6.07, 6.45) is 5.39. The lowest BCUT2D eigenvalue weighted by molar-refractivity contribution is -0.198. The number of hydrogen-bond acceptors (Lipinski definition) is 4. The number of ether oxygens (including phenoxy) is 2. The second-order valence-electron chi connectivity index (χ2n) is 12.5. The minimum Gasteiger partial charge on any atom is -0.407 e. The number of carbonyl (C=O) groups excluding carboxylic acids is 1. The molecule has 4 nitrogen and oxygen atoms in total.